The molecule has 0 fully saturated rings. The Balaban J connectivity index is 1.82. The van der Waals surface area contributed by atoms with Gasteiger partial charge in [-0.15, -0.1) is 16.8 Å². The van der Waals surface area contributed by atoms with E-state index in [4.69, 9.17) is 11.6 Å². The molecule has 0 unspecified atom stereocenters. The maximum absolute atomic E-state index is 12.4. The number of benzene rings is 2. The molecule has 0 amide bonds. The summed E-state index contributed by atoms with van der Waals surface area (Å²) < 4.78 is 1.96. The first-order valence-corrected chi connectivity index (χ1v) is 9.48. The molecule has 6 heteroatoms. The second-order valence-corrected chi connectivity index (χ2v) is 7.11. The SMILES string of the molecule is C=CCn1c(SCC(=O)c2ccccc2Cl)nnc1-c1ccc(C)cc1. The number of allylic oxidation sites excluding steroid dienone is 1. The lowest BCUT2D eigenvalue weighted by molar-refractivity contribution is 0.102. The molecule has 1 aromatic heterocycles. The van der Waals surface area contributed by atoms with Crippen molar-refractivity contribution in [3.8, 4) is 11.4 Å². The van der Waals surface area contributed by atoms with Gasteiger partial charge < -0.3 is 0 Å². The van der Waals surface area contributed by atoms with Crippen LogP contribution in [0.15, 0.2) is 66.3 Å². The van der Waals surface area contributed by atoms with Gasteiger partial charge in [0.2, 0.25) is 0 Å². The van der Waals surface area contributed by atoms with Crippen molar-refractivity contribution in [3.63, 3.8) is 0 Å². The quantitative estimate of drug-likeness (QED) is 0.324. The Hall–Kier alpha value is -2.37. The highest BCUT2D eigenvalue weighted by Gasteiger charge is 2.16. The Labute approximate surface area is 161 Å². The summed E-state index contributed by atoms with van der Waals surface area (Å²) >= 11 is 7.45. The highest BCUT2D eigenvalue weighted by atomic mass is 35.5. The minimum absolute atomic E-state index is 0.0364. The summed E-state index contributed by atoms with van der Waals surface area (Å²) in [5.74, 6) is 0.968. The molecular weight excluding hydrogens is 366 g/mol. The van der Waals surface area contributed by atoms with E-state index in [0.29, 0.717) is 22.3 Å². The van der Waals surface area contributed by atoms with Crippen LogP contribution in [0.4, 0.5) is 0 Å². The van der Waals surface area contributed by atoms with Crippen LogP contribution < -0.4 is 0 Å². The Bertz CT molecular complexity index is 934. The van der Waals surface area contributed by atoms with Crippen LogP contribution in [-0.2, 0) is 6.54 Å². The van der Waals surface area contributed by atoms with Gasteiger partial charge in [-0.05, 0) is 19.1 Å². The normalized spacial score (nSPS) is 10.7. The highest BCUT2D eigenvalue weighted by Crippen LogP contribution is 2.26. The summed E-state index contributed by atoms with van der Waals surface area (Å²) in [7, 11) is 0. The molecule has 0 aliphatic carbocycles. The van der Waals surface area contributed by atoms with Gasteiger partial charge in [-0.3, -0.25) is 9.36 Å². The van der Waals surface area contributed by atoms with Crippen LogP contribution in [-0.4, -0.2) is 26.3 Å². The van der Waals surface area contributed by atoms with Crippen molar-refractivity contribution < 1.29 is 4.79 Å². The molecule has 0 spiro atoms. The Morgan fingerprint density at radius 3 is 2.62 bits per heavy atom. The van der Waals surface area contributed by atoms with Crippen molar-refractivity contribution in [2.75, 3.05) is 5.75 Å². The predicted octanol–water partition coefficient (Wildman–Crippen LogP) is 5.07. The van der Waals surface area contributed by atoms with Crippen LogP contribution in [0.1, 0.15) is 15.9 Å². The largest absolute Gasteiger partial charge is 0.298 e. The average molecular weight is 384 g/mol. The third kappa shape index (κ3) is 4.06. The van der Waals surface area contributed by atoms with Crippen LogP contribution >= 0.6 is 23.4 Å². The van der Waals surface area contributed by atoms with Crippen molar-refractivity contribution >= 4 is 29.1 Å². The van der Waals surface area contributed by atoms with E-state index in [1.807, 2.05) is 35.8 Å². The molecular formula is C20H18ClN3OS. The second kappa shape index (κ2) is 8.34. The van der Waals surface area contributed by atoms with Crippen molar-refractivity contribution in [1.29, 1.82) is 0 Å². The van der Waals surface area contributed by atoms with Crippen LogP contribution in [0.3, 0.4) is 0 Å². The fourth-order valence-corrected chi connectivity index (χ4v) is 3.57. The lowest BCUT2D eigenvalue weighted by Crippen LogP contribution is -2.06. The van der Waals surface area contributed by atoms with E-state index in [-0.39, 0.29) is 11.5 Å². The van der Waals surface area contributed by atoms with Crippen molar-refractivity contribution in [3.05, 3.63) is 77.3 Å². The fraction of sp³-hybridized carbons (Fsp3) is 0.150. The number of aryl methyl sites for hydroxylation is 1. The van der Waals surface area contributed by atoms with Gasteiger partial charge in [0, 0.05) is 17.7 Å². The molecule has 0 aliphatic rings. The predicted molar refractivity (Wildman–Crippen MR) is 107 cm³/mol. The van der Waals surface area contributed by atoms with E-state index in [9.17, 15) is 4.79 Å². The van der Waals surface area contributed by atoms with E-state index in [1.54, 1.807) is 30.3 Å². The van der Waals surface area contributed by atoms with Gasteiger partial charge in [0.05, 0.1) is 10.8 Å². The number of hydrogen-bond donors (Lipinski definition) is 0. The van der Waals surface area contributed by atoms with Gasteiger partial charge in [0.15, 0.2) is 16.8 Å². The monoisotopic (exact) mass is 383 g/mol. The summed E-state index contributed by atoms with van der Waals surface area (Å²) in [4.78, 5) is 12.4. The Morgan fingerprint density at radius 2 is 1.92 bits per heavy atom. The van der Waals surface area contributed by atoms with E-state index >= 15 is 0 Å². The van der Waals surface area contributed by atoms with E-state index in [2.05, 4.69) is 16.8 Å². The molecule has 0 N–H and O–H groups in total. The number of carbonyl (C=O) groups excluding carboxylic acids is 1. The molecule has 0 radical (unpaired) electrons. The molecule has 132 valence electrons. The minimum Gasteiger partial charge on any atom is -0.298 e. The van der Waals surface area contributed by atoms with Gasteiger partial charge in [-0.2, -0.15) is 0 Å². The molecule has 0 aliphatic heterocycles. The Kier molecular flexibility index (Phi) is 5.91. The number of rotatable bonds is 7. The zero-order valence-electron chi connectivity index (χ0n) is 14.4. The summed E-state index contributed by atoms with van der Waals surface area (Å²) in [6, 6.07) is 15.2. The van der Waals surface area contributed by atoms with Crippen LogP contribution in [0, 0.1) is 6.92 Å². The maximum Gasteiger partial charge on any atom is 0.192 e. The van der Waals surface area contributed by atoms with Crippen LogP contribution in [0.25, 0.3) is 11.4 Å². The zero-order chi connectivity index (χ0) is 18.5. The van der Waals surface area contributed by atoms with Crippen LogP contribution in [0.2, 0.25) is 5.02 Å². The van der Waals surface area contributed by atoms with Gasteiger partial charge in [0.25, 0.3) is 0 Å². The van der Waals surface area contributed by atoms with Crippen molar-refractivity contribution in [2.24, 2.45) is 0 Å². The molecule has 0 saturated heterocycles. The summed E-state index contributed by atoms with van der Waals surface area (Å²) in [5, 5.41) is 9.72. The maximum atomic E-state index is 12.4. The Morgan fingerprint density at radius 1 is 1.19 bits per heavy atom. The number of ketones is 1. The number of aromatic nitrogens is 3. The summed E-state index contributed by atoms with van der Waals surface area (Å²) in [6.45, 7) is 6.42. The van der Waals surface area contributed by atoms with Gasteiger partial charge >= 0.3 is 0 Å². The number of nitrogens with zero attached hydrogens (tertiary/aromatic N) is 3. The first-order valence-electron chi connectivity index (χ1n) is 8.12. The highest BCUT2D eigenvalue weighted by molar-refractivity contribution is 7.99. The molecule has 3 rings (SSSR count). The number of Topliss-reactive ketones (excluding diaryl/α,β-unsaturated/α-hetero) is 1. The molecule has 3 aromatic rings. The van der Waals surface area contributed by atoms with E-state index in [0.717, 1.165) is 11.4 Å². The second-order valence-electron chi connectivity index (χ2n) is 5.76. The fourth-order valence-electron chi connectivity index (χ4n) is 2.50. The zero-order valence-corrected chi connectivity index (χ0v) is 15.9. The van der Waals surface area contributed by atoms with Gasteiger partial charge in [0.1, 0.15) is 0 Å². The van der Waals surface area contributed by atoms with Crippen molar-refractivity contribution in [1.82, 2.24) is 14.8 Å². The number of halogens is 1. The summed E-state index contributed by atoms with van der Waals surface area (Å²) in [6.07, 6.45) is 1.79. The van der Waals surface area contributed by atoms with E-state index < -0.39 is 0 Å². The third-order valence-electron chi connectivity index (χ3n) is 3.84. The first kappa shape index (κ1) is 18.4. The van der Waals surface area contributed by atoms with E-state index in [1.165, 1.54) is 17.3 Å². The number of hydrogen-bond acceptors (Lipinski definition) is 4. The average Bonchev–Trinajstić information content (AvgIpc) is 3.04. The topological polar surface area (TPSA) is 47.8 Å². The first-order chi connectivity index (χ1) is 12.6. The van der Waals surface area contributed by atoms with Crippen molar-refractivity contribution in [2.45, 2.75) is 18.6 Å². The molecule has 26 heavy (non-hydrogen) atoms. The minimum atomic E-state index is -0.0364. The molecule has 1 heterocycles. The number of thioether (sulfide) groups is 1. The lowest BCUT2D eigenvalue weighted by Gasteiger charge is -2.08. The standard InChI is InChI=1S/C20H18ClN3OS/c1-3-12-24-19(15-10-8-14(2)9-11-15)22-23-20(24)26-13-18(25)16-6-4-5-7-17(16)21/h3-11H,1,12-13H2,2H3. The molecule has 2 aromatic carbocycles. The smallest absolute Gasteiger partial charge is 0.192 e. The van der Waals surface area contributed by atoms with Crippen LogP contribution in [0.5, 0.6) is 0 Å². The van der Waals surface area contributed by atoms with Gasteiger partial charge in [-0.1, -0.05) is 71.4 Å². The lowest BCUT2D eigenvalue weighted by atomic mass is 10.1. The molecule has 0 saturated carbocycles. The number of carbonyl (C=O) groups is 1. The molecule has 0 atom stereocenters. The van der Waals surface area contributed by atoms with Gasteiger partial charge in [-0.25, -0.2) is 0 Å². The molecule has 4 nitrogen and oxygen atoms in total. The third-order valence-corrected chi connectivity index (χ3v) is 5.14. The molecule has 0 bridgehead atoms. The summed E-state index contributed by atoms with van der Waals surface area (Å²) in [5.41, 5.74) is 2.69.